The van der Waals surface area contributed by atoms with Crippen LogP contribution < -0.4 is 11.1 Å². The average Bonchev–Trinajstić information content (AvgIpc) is 3.01. The van der Waals surface area contributed by atoms with Gasteiger partial charge in [-0.05, 0) is 17.7 Å². The van der Waals surface area contributed by atoms with E-state index in [2.05, 4.69) is 10.3 Å². The molecule has 0 bridgehead atoms. The van der Waals surface area contributed by atoms with Crippen LogP contribution in [0.25, 0.3) is 0 Å². The Kier molecular flexibility index (Phi) is 5.02. The summed E-state index contributed by atoms with van der Waals surface area (Å²) in [6.45, 7) is -0.349. The van der Waals surface area contributed by atoms with Crippen molar-refractivity contribution in [3.8, 4) is 0 Å². The summed E-state index contributed by atoms with van der Waals surface area (Å²) in [5.41, 5.74) is 5.20. The minimum absolute atomic E-state index is 0.0205. The molecule has 0 radical (unpaired) electrons. The summed E-state index contributed by atoms with van der Waals surface area (Å²) in [5, 5.41) is 11.4. The number of aliphatic hydroxyl groups excluding tert-OH is 1. The molecule has 0 spiro atoms. The molecule has 4 N–H and O–H groups in total. The van der Waals surface area contributed by atoms with Gasteiger partial charge in [0.15, 0.2) is 5.69 Å². The molecule has 0 aliphatic heterocycles. The smallest absolute Gasteiger partial charge is 0.416 e. The zero-order valence-electron chi connectivity index (χ0n) is 11.8. The Morgan fingerprint density at radius 1 is 1.35 bits per heavy atom. The molecule has 1 atom stereocenters. The number of benzene rings is 1. The van der Waals surface area contributed by atoms with Crippen molar-refractivity contribution in [3.63, 3.8) is 0 Å². The monoisotopic (exact) mass is 329 g/mol. The summed E-state index contributed by atoms with van der Waals surface area (Å²) in [5.74, 6) is -0.544. The van der Waals surface area contributed by atoms with Gasteiger partial charge in [-0.3, -0.25) is 4.79 Å². The SMILES string of the molecule is NC(CO)c1nc(C(=O)NCc2ccc(C(F)(F)F)cc2)co1. The molecule has 9 heteroatoms. The first-order valence-corrected chi connectivity index (χ1v) is 6.57. The van der Waals surface area contributed by atoms with Crippen molar-refractivity contribution in [1.82, 2.24) is 10.3 Å². The third-order valence-corrected chi connectivity index (χ3v) is 3.00. The van der Waals surface area contributed by atoms with Gasteiger partial charge in [0.1, 0.15) is 12.3 Å². The number of aromatic nitrogens is 1. The Morgan fingerprint density at radius 3 is 2.57 bits per heavy atom. The van der Waals surface area contributed by atoms with E-state index in [1.165, 1.54) is 12.1 Å². The summed E-state index contributed by atoms with van der Waals surface area (Å²) < 4.78 is 42.3. The van der Waals surface area contributed by atoms with Crippen LogP contribution in [0, 0.1) is 0 Å². The summed E-state index contributed by atoms with van der Waals surface area (Å²) >= 11 is 0. The van der Waals surface area contributed by atoms with Gasteiger partial charge in [-0.2, -0.15) is 13.2 Å². The number of halogens is 3. The molecule has 1 aromatic heterocycles. The Bertz CT molecular complexity index is 668. The second-order valence-electron chi connectivity index (χ2n) is 4.74. The Labute approximate surface area is 129 Å². The molecule has 124 valence electrons. The van der Waals surface area contributed by atoms with E-state index in [0.29, 0.717) is 5.56 Å². The molecule has 1 unspecified atom stereocenters. The van der Waals surface area contributed by atoms with Crippen molar-refractivity contribution in [3.05, 3.63) is 53.2 Å². The number of aliphatic hydroxyl groups is 1. The molecule has 0 saturated heterocycles. The van der Waals surface area contributed by atoms with Gasteiger partial charge in [-0.1, -0.05) is 12.1 Å². The molecule has 1 heterocycles. The van der Waals surface area contributed by atoms with Crippen LogP contribution in [0.4, 0.5) is 13.2 Å². The lowest BCUT2D eigenvalue weighted by Gasteiger charge is -2.08. The molecule has 0 aliphatic carbocycles. The van der Waals surface area contributed by atoms with Gasteiger partial charge in [-0.15, -0.1) is 0 Å². The van der Waals surface area contributed by atoms with Gasteiger partial charge in [0.2, 0.25) is 5.89 Å². The van der Waals surface area contributed by atoms with Crippen LogP contribution in [-0.2, 0) is 12.7 Å². The topological polar surface area (TPSA) is 101 Å². The molecule has 23 heavy (non-hydrogen) atoms. The lowest BCUT2D eigenvalue weighted by molar-refractivity contribution is -0.137. The highest BCUT2D eigenvalue weighted by molar-refractivity contribution is 5.91. The van der Waals surface area contributed by atoms with Crippen molar-refractivity contribution in [1.29, 1.82) is 0 Å². The van der Waals surface area contributed by atoms with Crippen LogP contribution in [0.15, 0.2) is 34.9 Å². The molecule has 2 rings (SSSR count). The third-order valence-electron chi connectivity index (χ3n) is 3.00. The number of hydrogen-bond acceptors (Lipinski definition) is 5. The molecular weight excluding hydrogens is 315 g/mol. The second kappa shape index (κ2) is 6.80. The zero-order chi connectivity index (χ0) is 17.0. The number of rotatable bonds is 5. The molecule has 1 amide bonds. The first-order chi connectivity index (χ1) is 10.8. The van der Waals surface area contributed by atoms with Gasteiger partial charge in [0, 0.05) is 6.54 Å². The minimum Gasteiger partial charge on any atom is -0.446 e. The highest BCUT2D eigenvalue weighted by Gasteiger charge is 2.29. The fourth-order valence-electron chi connectivity index (χ4n) is 1.72. The summed E-state index contributed by atoms with van der Waals surface area (Å²) in [4.78, 5) is 15.7. The molecule has 1 aromatic carbocycles. The lowest BCUT2D eigenvalue weighted by Crippen LogP contribution is -2.23. The Balaban J connectivity index is 1.95. The zero-order valence-corrected chi connectivity index (χ0v) is 11.8. The standard InChI is InChI=1S/C14H14F3N3O3/c15-14(16,17)9-3-1-8(2-4-9)5-19-12(22)11-7-23-13(20-11)10(18)6-21/h1-4,7,10,21H,5-6,18H2,(H,19,22). The minimum atomic E-state index is -4.40. The van der Waals surface area contributed by atoms with Gasteiger partial charge in [0.05, 0.1) is 12.2 Å². The largest absolute Gasteiger partial charge is 0.446 e. The van der Waals surface area contributed by atoms with Crippen LogP contribution >= 0.6 is 0 Å². The molecule has 0 fully saturated rings. The van der Waals surface area contributed by atoms with Gasteiger partial charge in [0.25, 0.3) is 5.91 Å². The van der Waals surface area contributed by atoms with E-state index in [-0.39, 0.29) is 24.7 Å². The van der Waals surface area contributed by atoms with E-state index in [1.807, 2.05) is 0 Å². The third kappa shape index (κ3) is 4.30. The van der Waals surface area contributed by atoms with Crippen molar-refractivity contribution in [2.24, 2.45) is 5.73 Å². The van der Waals surface area contributed by atoms with Crippen molar-refractivity contribution >= 4 is 5.91 Å². The van der Waals surface area contributed by atoms with Crippen molar-refractivity contribution in [2.45, 2.75) is 18.8 Å². The number of oxazole rings is 1. The first kappa shape index (κ1) is 17.0. The van der Waals surface area contributed by atoms with Crippen LogP contribution in [0.5, 0.6) is 0 Å². The van der Waals surface area contributed by atoms with Gasteiger partial charge in [-0.25, -0.2) is 4.98 Å². The van der Waals surface area contributed by atoms with E-state index < -0.39 is 23.7 Å². The summed E-state index contributed by atoms with van der Waals surface area (Å²) in [6, 6.07) is 3.61. The van der Waals surface area contributed by atoms with E-state index >= 15 is 0 Å². The maximum Gasteiger partial charge on any atom is 0.416 e. The highest BCUT2D eigenvalue weighted by Crippen LogP contribution is 2.29. The van der Waals surface area contributed by atoms with Crippen molar-refractivity contribution in [2.75, 3.05) is 6.61 Å². The van der Waals surface area contributed by atoms with E-state index in [4.69, 9.17) is 15.3 Å². The fraction of sp³-hybridized carbons (Fsp3) is 0.286. The molecular formula is C14H14F3N3O3. The maximum atomic E-state index is 12.4. The highest BCUT2D eigenvalue weighted by atomic mass is 19.4. The molecule has 0 aliphatic rings. The fourth-order valence-corrected chi connectivity index (χ4v) is 1.72. The van der Waals surface area contributed by atoms with Gasteiger partial charge < -0.3 is 20.6 Å². The normalized spacial score (nSPS) is 12.9. The number of hydrogen-bond donors (Lipinski definition) is 3. The van der Waals surface area contributed by atoms with E-state index in [1.54, 1.807) is 0 Å². The Hall–Kier alpha value is -2.39. The first-order valence-electron chi connectivity index (χ1n) is 6.57. The number of amides is 1. The quantitative estimate of drug-likeness (QED) is 0.774. The number of carbonyl (C=O) groups is 1. The maximum absolute atomic E-state index is 12.4. The lowest BCUT2D eigenvalue weighted by atomic mass is 10.1. The average molecular weight is 329 g/mol. The van der Waals surface area contributed by atoms with Crippen LogP contribution in [0.1, 0.15) is 33.5 Å². The van der Waals surface area contributed by atoms with E-state index in [9.17, 15) is 18.0 Å². The number of nitrogens with two attached hydrogens (primary N) is 1. The van der Waals surface area contributed by atoms with E-state index in [0.717, 1.165) is 18.4 Å². The van der Waals surface area contributed by atoms with Crippen molar-refractivity contribution < 1.29 is 27.5 Å². The molecule has 6 nitrogen and oxygen atoms in total. The number of alkyl halides is 3. The predicted molar refractivity (Wildman–Crippen MR) is 73.1 cm³/mol. The number of nitrogens with zero attached hydrogens (tertiary/aromatic N) is 1. The van der Waals surface area contributed by atoms with Gasteiger partial charge >= 0.3 is 6.18 Å². The molecule has 0 saturated carbocycles. The number of nitrogens with one attached hydrogen (secondary N) is 1. The second-order valence-corrected chi connectivity index (χ2v) is 4.74. The van der Waals surface area contributed by atoms with Crippen LogP contribution in [-0.4, -0.2) is 22.6 Å². The van der Waals surface area contributed by atoms with Crippen LogP contribution in [0.3, 0.4) is 0 Å². The number of carbonyl (C=O) groups excluding carboxylic acids is 1. The summed E-state index contributed by atoms with van der Waals surface area (Å²) in [6.07, 6.45) is -3.31. The van der Waals surface area contributed by atoms with Crippen LogP contribution in [0.2, 0.25) is 0 Å². The Morgan fingerprint density at radius 2 is 2.00 bits per heavy atom. The summed E-state index contributed by atoms with van der Waals surface area (Å²) in [7, 11) is 0. The molecule has 2 aromatic rings. The predicted octanol–water partition coefficient (Wildman–Crippen LogP) is 1.62.